The first-order chi connectivity index (χ1) is 11.3. The maximum atomic E-state index is 6.18. The molecule has 0 amide bonds. The zero-order valence-electron chi connectivity index (χ0n) is 15.5. The Hall–Kier alpha value is -0.640. The minimum Gasteiger partial charge on any atom is -0.495 e. The summed E-state index contributed by atoms with van der Waals surface area (Å²) < 4.78 is 16.6. The molecular formula is C19H30Cl2O3. The molecule has 0 bridgehead atoms. The molecule has 1 aromatic rings. The second-order valence-electron chi connectivity index (χ2n) is 6.74. The molecule has 0 spiro atoms. The number of rotatable bonds is 11. The third kappa shape index (κ3) is 7.50. The van der Waals surface area contributed by atoms with Gasteiger partial charge in [0.15, 0.2) is 0 Å². The number of halogens is 2. The number of methoxy groups -OCH3 is 1. The van der Waals surface area contributed by atoms with E-state index in [0.29, 0.717) is 34.1 Å². The maximum absolute atomic E-state index is 6.18. The van der Waals surface area contributed by atoms with E-state index in [-0.39, 0.29) is 5.60 Å². The first-order valence-electron chi connectivity index (χ1n) is 8.59. The average Bonchev–Trinajstić information content (AvgIpc) is 2.50. The van der Waals surface area contributed by atoms with Gasteiger partial charge in [0.1, 0.15) is 11.5 Å². The van der Waals surface area contributed by atoms with E-state index < -0.39 is 0 Å². The second kappa shape index (κ2) is 10.4. The van der Waals surface area contributed by atoms with Crippen molar-refractivity contribution in [3.05, 3.63) is 22.2 Å². The quantitative estimate of drug-likeness (QED) is 0.447. The summed E-state index contributed by atoms with van der Waals surface area (Å²) in [5.41, 5.74) is -0.0294. The zero-order valence-corrected chi connectivity index (χ0v) is 17.0. The van der Waals surface area contributed by atoms with Gasteiger partial charge >= 0.3 is 0 Å². The third-order valence-corrected chi connectivity index (χ3v) is 4.68. The van der Waals surface area contributed by atoms with Crippen molar-refractivity contribution in [3.8, 4) is 11.5 Å². The van der Waals surface area contributed by atoms with E-state index in [1.807, 2.05) is 6.92 Å². The summed E-state index contributed by atoms with van der Waals surface area (Å²) in [4.78, 5) is 0. The molecular weight excluding hydrogens is 347 g/mol. The van der Waals surface area contributed by atoms with Crippen molar-refractivity contribution < 1.29 is 14.2 Å². The van der Waals surface area contributed by atoms with Crippen molar-refractivity contribution in [1.82, 2.24) is 0 Å². The average molecular weight is 377 g/mol. The summed E-state index contributed by atoms with van der Waals surface area (Å²) in [6, 6.07) is 3.39. The van der Waals surface area contributed by atoms with Gasteiger partial charge in [-0.1, -0.05) is 43.0 Å². The SMILES string of the molecule is CCOC(C)(C)CCCC(C)CCOc1cc(Cl)c(OC)cc1Cl. The van der Waals surface area contributed by atoms with Gasteiger partial charge in [0.05, 0.1) is 29.4 Å². The van der Waals surface area contributed by atoms with Gasteiger partial charge in [0, 0.05) is 18.7 Å². The molecule has 0 aromatic heterocycles. The van der Waals surface area contributed by atoms with E-state index in [9.17, 15) is 0 Å². The fraction of sp³-hybridized carbons (Fsp3) is 0.684. The number of benzene rings is 1. The molecule has 0 radical (unpaired) electrons. The van der Waals surface area contributed by atoms with Crippen molar-refractivity contribution in [2.45, 2.75) is 59.0 Å². The van der Waals surface area contributed by atoms with Gasteiger partial charge in [-0.2, -0.15) is 0 Å². The Morgan fingerprint density at radius 1 is 1.08 bits per heavy atom. The molecule has 0 saturated heterocycles. The van der Waals surface area contributed by atoms with Crippen LogP contribution in [0.4, 0.5) is 0 Å². The molecule has 24 heavy (non-hydrogen) atoms. The monoisotopic (exact) mass is 376 g/mol. The molecule has 5 heteroatoms. The summed E-state index contributed by atoms with van der Waals surface area (Å²) >= 11 is 12.3. The minimum atomic E-state index is -0.0294. The molecule has 0 saturated carbocycles. The third-order valence-electron chi connectivity index (χ3n) is 4.09. The molecule has 1 atom stereocenters. The van der Waals surface area contributed by atoms with Crippen molar-refractivity contribution in [1.29, 1.82) is 0 Å². The van der Waals surface area contributed by atoms with Gasteiger partial charge in [0.2, 0.25) is 0 Å². The smallest absolute Gasteiger partial charge is 0.139 e. The minimum absolute atomic E-state index is 0.0294. The van der Waals surface area contributed by atoms with Gasteiger partial charge in [0.25, 0.3) is 0 Å². The Bertz CT molecular complexity index is 504. The highest BCUT2D eigenvalue weighted by atomic mass is 35.5. The molecule has 1 aromatic carbocycles. The first kappa shape index (κ1) is 21.4. The molecule has 0 fully saturated rings. The normalized spacial score (nSPS) is 13.0. The van der Waals surface area contributed by atoms with Crippen LogP contribution in [0.15, 0.2) is 12.1 Å². The Labute approximate surface area is 156 Å². The van der Waals surface area contributed by atoms with Gasteiger partial charge in [-0.3, -0.25) is 0 Å². The molecule has 0 N–H and O–H groups in total. The van der Waals surface area contributed by atoms with Crippen molar-refractivity contribution >= 4 is 23.2 Å². The molecule has 0 aliphatic heterocycles. The van der Waals surface area contributed by atoms with Crippen LogP contribution < -0.4 is 9.47 Å². The van der Waals surface area contributed by atoms with Crippen LogP contribution in [0.3, 0.4) is 0 Å². The van der Waals surface area contributed by atoms with E-state index in [4.69, 9.17) is 37.4 Å². The van der Waals surface area contributed by atoms with E-state index in [2.05, 4.69) is 20.8 Å². The maximum Gasteiger partial charge on any atom is 0.139 e. The Morgan fingerprint density at radius 3 is 2.33 bits per heavy atom. The van der Waals surface area contributed by atoms with Crippen LogP contribution >= 0.6 is 23.2 Å². The zero-order chi connectivity index (χ0) is 18.2. The van der Waals surface area contributed by atoms with Crippen LogP contribution in [0.1, 0.15) is 53.4 Å². The van der Waals surface area contributed by atoms with E-state index in [1.165, 1.54) is 0 Å². The van der Waals surface area contributed by atoms with Gasteiger partial charge in [-0.25, -0.2) is 0 Å². The summed E-state index contributed by atoms with van der Waals surface area (Å²) in [7, 11) is 1.56. The molecule has 0 aliphatic carbocycles. The van der Waals surface area contributed by atoms with Crippen molar-refractivity contribution in [2.75, 3.05) is 20.3 Å². The first-order valence-corrected chi connectivity index (χ1v) is 9.34. The van der Waals surface area contributed by atoms with Crippen LogP contribution in [0, 0.1) is 5.92 Å². The van der Waals surface area contributed by atoms with Gasteiger partial charge in [-0.15, -0.1) is 0 Å². The highest BCUT2D eigenvalue weighted by Crippen LogP contribution is 2.35. The summed E-state index contributed by atoms with van der Waals surface area (Å²) in [5.74, 6) is 1.75. The highest BCUT2D eigenvalue weighted by molar-refractivity contribution is 6.35. The fourth-order valence-corrected chi connectivity index (χ4v) is 3.07. The lowest BCUT2D eigenvalue weighted by molar-refractivity contribution is -0.0183. The lowest BCUT2D eigenvalue weighted by atomic mass is 9.95. The topological polar surface area (TPSA) is 27.7 Å². The lowest BCUT2D eigenvalue weighted by Crippen LogP contribution is -2.24. The van der Waals surface area contributed by atoms with Crippen LogP contribution in [-0.2, 0) is 4.74 Å². The highest BCUT2D eigenvalue weighted by Gasteiger charge is 2.17. The molecule has 3 nitrogen and oxygen atoms in total. The van der Waals surface area contributed by atoms with E-state index in [0.717, 1.165) is 32.3 Å². The van der Waals surface area contributed by atoms with E-state index >= 15 is 0 Å². The van der Waals surface area contributed by atoms with Crippen LogP contribution in [0.25, 0.3) is 0 Å². The Morgan fingerprint density at radius 2 is 1.71 bits per heavy atom. The van der Waals surface area contributed by atoms with Gasteiger partial charge in [-0.05, 0) is 39.5 Å². The summed E-state index contributed by atoms with van der Waals surface area (Å²) in [5, 5.41) is 1.02. The second-order valence-corrected chi connectivity index (χ2v) is 7.56. The standard InChI is InChI=1S/C19H30Cl2O3/c1-6-24-19(3,4)10-7-8-14(2)9-11-23-18-13-15(20)17(22-5)12-16(18)21/h12-14H,6-11H2,1-5H3. The number of ether oxygens (including phenoxy) is 3. The van der Waals surface area contributed by atoms with E-state index in [1.54, 1.807) is 19.2 Å². The largest absolute Gasteiger partial charge is 0.495 e. The van der Waals surface area contributed by atoms with Crippen molar-refractivity contribution in [3.63, 3.8) is 0 Å². The molecule has 1 rings (SSSR count). The predicted molar refractivity (Wildman–Crippen MR) is 102 cm³/mol. The Balaban J connectivity index is 2.33. The van der Waals surface area contributed by atoms with Crippen LogP contribution in [0.5, 0.6) is 11.5 Å². The molecule has 138 valence electrons. The molecule has 0 heterocycles. The van der Waals surface area contributed by atoms with Gasteiger partial charge < -0.3 is 14.2 Å². The lowest BCUT2D eigenvalue weighted by Gasteiger charge is -2.25. The summed E-state index contributed by atoms with van der Waals surface area (Å²) in [6.07, 6.45) is 4.38. The van der Waals surface area contributed by atoms with Crippen LogP contribution in [-0.4, -0.2) is 25.9 Å². The summed E-state index contributed by atoms with van der Waals surface area (Å²) in [6.45, 7) is 9.98. The number of hydrogen-bond donors (Lipinski definition) is 0. The van der Waals surface area contributed by atoms with Crippen LogP contribution in [0.2, 0.25) is 10.0 Å². The molecule has 0 aliphatic rings. The Kier molecular flexibility index (Phi) is 9.25. The fourth-order valence-electron chi connectivity index (χ4n) is 2.63. The predicted octanol–water partition coefficient (Wildman–Crippen LogP) is 6.39. The number of hydrogen-bond acceptors (Lipinski definition) is 3. The van der Waals surface area contributed by atoms with Crippen molar-refractivity contribution in [2.24, 2.45) is 5.92 Å². The molecule has 1 unspecified atom stereocenters.